The van der Waals surface area contributed by atoms with Crippen molar-refractivity contribution >= 4 is 17.7 Å². The van der Waals surface area contributed by atoms with E-state index in [9.17, 15) is 4.79 Å². The number of carbonyl (C=O) groups is 1. The number of rotatable bonds is 2. The van der Waals surface area contributed by atoms with Crippen molar-refractivity contribution in [1.82, 2.24) is 0 Å². The van der Waals surface area contributed by atoms with E-state index < -0.39 is 5.41 Å². The van der Waals surface area contributed by atoms with Gasteiger partial charge in [0.15, 0.2) is 5.12 Å². The second kappa shape index (κ2) is 2.56. The van der Waals surface area contributed by atoms with E-state index in [4.69, 9.17) is 0 Å². The largest absolute Gasteiger partial charge is 0.287 e. The summed E-state index contributed by atoms with van der Waals surface area (Å²) in [6.07, 6.45) is 0. The first-order valence-corrected chi connectivity index (χ1v) is 3.23. The predicted octanol–water partition coefficient (Wildman–Crippen LogP) is 2.05. The second-order valence-corrected chi connectivity index (χ2v) is 3.12. The Labute approximate surface area is 61.6 Å². The first-order chi connectivity index (χ1) is 3.89. The van der Waals surface area contributed by atoms with Crippen LogP contribution in [0.2, 0.25) is 0 Å². The monoisotopic (exact) mass is 144 g/mol. The van der Waals surface area contributed by atoms with Gasteiger partial charge in [-0.2, -0.15) is 0 Å². The summed E-state index contributed by atoms with van der Waals surface area (Å²) in [5.74, 6) is 0. The molecule has 0 aliphatic carbocycles. The zero-order chi connectivity index (χ0) is 7.65. The van der Waals surface area contributed by atoms with E-state index in [0.29, 0.717) is 0 Å². The molecule has 0 aromatic carbocycles. The summed E-state index contributed by atoms with van der Waals surface area (Å²) >= 11 is 3.72. The molecule has 52 valence electrons. The maximum absolute atomic E-state index is 10.7. The van der Waals surface area contributed by atoms with Crippen molar-refractivity contribution in [2.75, 3.05) is 0 Å². The fourth-order valence-electron chi connectivity index (χ4n) is 0.183. The zero-order valence-electron chi connectivity index (χ0n) is 6.06. The van der Waals surface area contributed by atoms with Crippen LogP contribution in [0.5, 0.6) is 0 Å². The third-order valence-electron chi connectivity index (χ3n) is 1.60. The molecule has 0 N–H and O–H groups in total. The van der Waals surface area contributed by atoms with Crippen molar-refractivity contribution < 1.29 is 4.79 Å². The molecule has 2 heteroatoms. The van der Waals surface area contributed by atoms with Gasteiger partial charge in [-0.3, -0.25) is 4.79 Å². The standard InChI is InChI=1S/C7H12OS/c1-5(2)7(3,4)6(8)9/h1H2,2-4H3,(H,8,9). The van der Waals surface area contributed by atoms with Gasteiger partial charge < -0.3 is 0 Å². The van der Waals surface area contributed by atoms with E-state index in [1.54, 1.807) is 0 Å². The molecule has 0 rings (SSSR count). The molecule has 0 aliphatic heterocycles. The summed E-state index contributed by atoms with van der Waals surface area (Å²) in [6.45, 7) is 9.13. The van der Waals surface area contributed by atoms with Crippen LogP contribution in [0.1, 0.15) is 20.8 Å². The highest BCUT2D eigenvalue weighted by atomic mass is 32.1. The molecule has 0 radical (unpaired) electrons. The molecule has 0 unspecified atom stereocenters. The van der Waals surface area contributed by atoms with E-state index in [-0.39, 0.29) is 5.12 Å². The third-order valence-corrected chi connectivity index (χ3v) is 2.16. The summed E-state index contributed by atoms with van der Waals surface area (Å²) in [6, 6.07) is 0. The van der Waals surface area contributed by atoms with Crippen molar-refractivity contribution in [3.63, 3.8) is 0 Å². The van der Waals surface area contributed by atoms with E-state index >= 15 is 0 Å². The van der Waals surface area contributed by atoms with Crippen LogP contribution in [0.25, 0.3) is 0 Å². The molecule has 0 aromatic heterocycles. The van der Waals surface area contributed by atoms with Gasteiger partial charge in [-0.1, -0.05) is 12.2 Å². The topological polar surface area (TPSA) is 17.1 Å². The third kappa shape index (κ3) is 1.86. The summed E-state index contributed by atoms with van der Waals surface area (Å²) in [5.41, 5.74) is 0.380. The van der Waals surface area contributed by atoms with Gasteiger partial charge in [0.25, 0.3) is 0 Å². The molecule has 1 nitrogen and oxygen atoms in total. The Bertz CT molecular complexity index is 131. The second-order valence-electron chi connectivity index (χ2n) is 2.71. The van der Waals surface area contributed by atoms with Crippen LogP contribution in [-0.4, -0.2) is 5.12 Å². The average molecular weight is 144 g/mol. The molecule has 0 fully saturated rings. The van der Waals surface area contributed by atoms with E-state index in [1.807, 2.05) is 20.8 Å². The minimum absolute atomic E-state index is 0.130. The molecule has 0 saturated heterocycles. The number of hydrogen-bond acceptors (Lipinski definition) is 1. The Kier molecular flexibility index (Phi) is 2.50. The number of hydrogen-bond donors (Lipinski definition) is 1. The van der Waals surface area contributed by atoms with Crippen LogP contribution in [0.4, 0.5) is 0 Å². The molecule has 0 aromatic rings. The van der Waals surface area contributed by atoms with E-state index in [1.165, 1.54) is 0 Å². The normalized spacial score (nSPS) is 11.1. The molecule has 0 atom stereocenters. The molecule has 0 amide bonds. The van der Waals surface area contributed by atoms with Gasteiger partial charge >= 0.3 is 0 Å². The maximum Gasteiger partial charge on any atom is 0.195 e. The molecule has 0 heterocycles. The van der Waals surface area contributed by atoms with Crippen LogP contribution in [0.15, 0.2) is 12.2 Å². The van der Waals surface area contributed by atoms with Gasteiger partial charge in [-0.15, -0.1) is 12.6 Å². The van der Waals surface area contributed by atoms with Crippen molar-refractivity contribution in [1.29, 1.82) is 0 Å². The Morgan fingerprint density at radius 1 is 1.56 bits per heavy atom. The van der Waals surface area contributed by atoms with E-state index in [2.05, 4.69) is 19.2 Å². The number of thiol groups is 1. The Balaban J connectivity index is 4.38. The van der Waals surface area contributed by atoms with Crippen LogP contribution in [0, 0.1) is 5.41 Å². The highest BCUT2D eigenvalue weighted by Crippen LogP contribution is 2.26. The maximum atomic E-state index is 10.7. The lowest BCUT2D eigenvalue weighted by molar-refractivity contribution is -0.116. The molecular weight excluding hydrogens is 132 g/mol. The molecule has 9 heavy (non-hydrogen) atoms. The Morgan fingerprint density at radius 2 is 1.89 bits per heavy atom. The Hall–Kier alpha value is -0.240. The van der Waals surface area contributed by atoms with Gasteiger partial charge in [0.2, 0.25) is 0 Å². The lowest BCUT2D eigenvalue weighted by atomic mass is 9.88. The molecular formula is C7H12OS. The smallest absolute Gasteiger partial charge is 0.195 e. The highest BCUT2D eigenvalue weighted by molar-refractivity contribution is 7.96. The van der Waals surface area contributed by atoms with Gasteiger partial charge in [0, 0.05) is 0 Å². The van der Waals surface area contributed by atoms with Crippen molar-refractivity contribution in [2.45, 2.75) is 20.8 Å². The van der Waals surface area contributed by atoms with Crippen molar-refractivity contribution in [3.8, 4) is 0 Å². The lowest BCUT2D eigenvalue weighted by Gasteiger charge is -2.19. The fraction of sp³-hybridized carbons (Fsp3) is 0.571. The SMILES string of the molecule is C=C(C)C(C)(C)C(=O)S. The van der Waals surface area contributed by atoms with Gasteiger partial charge in [0.05, 0.1) is 5.41 Å². The van der Waals surface area contributed by atoms with Crippen molar-refractivity contribution in [2.24, 2.45) is 5.41 Å². The van der Waals surface area contributed by atoms with Crippen LogP contribution in [0.3, 0.4) is 0 Å². The van der Waals surface area contributed by atoms with Crippen LogP contribution in [-0.2, 0) is 4.79 Å². The zero-order valence-corrected chi connectivity index (χ0v) is 6.96. The fourth-order valence-corrected chi connectivity index (χ4v) is 0.373. The first kappa shape index (κ1) is 8.76. The molecule has 0 bridgehead atoms. The summed E-state index contributed by atoms with van der Waals surface area (Å²) in [5, 5.41) is -0.130. The lowest BCUT2D eigenvalue weighted by Crippen LogP contribution is -2.19. The highest BCUT2D eigenvalue weighted by Gasteiger charge is 2.24. The molecule has 0 spiro atoms. The Morgan fingerprint density at radius 3 is 1.89 bits per heavy atom. The number of allylic oxidation sites excluding steroid dienone is 1. The van der Waals surface area contributed by atoms with Crippen molar-refractivity contribution in [3.05, 3.63) is 12.2 Å². The summed E-state index contributed by atoms with van der Waals surface area (Å²) in [7, 11) is 0. The van der Waals surface area contributed by atoms with Crippen LogP contribution >= 0.6 is 12.6 Å². The van der Waals surface area contributed by atoms with Crippen LogP contribution < -0.4 is 0 Å². The quantitative estimate of drug-likeness (QED) is 0.463. The minimum Gasteiger partial charge on any atom is -0.287 e. The molecule has 0 saturated carbocycles. The predicted molar refractivity (Wildman–Crippen MR) is 42.6 cm³/mol. The first-order valence-electron chi connectivity index (χ1n) is 2.78. The minimum atomic E-state index is -0.469. The summed E-state index contributed by atoms with van der Waals surface area (Å²) < 4.78 is 0. The summed E-state index contributed by atoms with van der Waals surface area (Å²) in [4.78, 5) is 10.7. The molecule has 0 aliphatic rings. The van der Waals surface area contributed by atoms with Gasteiger partial charge in [0.1, 0.15) is 0 Å². The van der Waals surface area contributed by atoms with Gasteiger partial charge in [-0.05, 0) is 20.8 Å². The van der Waals surface area contributed by atoms with E-state index in [0.717, 1.165) is 5.57 Å². The average Bonchev–Trinajstić information content (AvgIpc) is 1.65. The number of carbonyl (C=O) groups excluding carboxylic acids is 1. The van der Waals surface area contributed by atoms with Gasteiger partial charge in [-0.25, -0.2) is 0 Å².